The van der Waals surface area contributed by atoms with Gasteiger partial charge < -0.3 is 20.1 Å². The van der Waals surface area contributed by atoms with Crippen LogP contribution in [0.3, 0.4) is 0 Å². The second-order valence-corrected chi connectivity index (χ2v) is 5.86. The zero-order valence-corrected chi connectivity index (χ0v) is 13.3. The van der Waals surface area contributed by atoms with Crippen molar-refractivity contribution in [2.45, 2.75) is 25.6 Å². The van der Waals surface area contributed by atoms with Gasteiger partial charge in [0.15, 0.2) is 6.10 Å². The molecule has 0 saturated carbocycles. The zero-order chi connectivity index (χ0) is 17.1. The number of ether oxygens (including phenoxy) is 1. The molecule has 0 spiro atoms. The van der Waals surface area contributed by atoms with Crippen LogP contribution in [0.2, 0.25) is 0 Å². The van der Waals surface area contributed by atoms with Gasteiger partial charge in [-0.3, -0.25) is 9.59 Å². The van der Waals surface area contributed by atoms with Crippen molar-refractivity contribution in [3.05, 3.63) is 29.8 Å². The Morgan fingerprint density at radius 3 is 2.30 bits per heavy atom. The highest BCUT2D eigenvalue weighted by Crippen LogP contribution is 2.27. The number of nitrogens with zero attached hydrogens (tertiary/aromatic N) is 1. The fraction of sp³-hybridized carbons (Fsp3) is 0.438. The average Bonchev–Trinajstić information content (AvgIpc) is 2.89. The maximum absolute atomic E-state index is 12.2. The molecular weight excluding hydrogens is 300 g/mol. The Labute approximate surface area is 134 Å². The molecule has 23 heavy (non-hydrogen) atoms. The molecule has 1 saturated heterocycles. The van der Waals surface area contributed by atoms with Crippen molar-refractivity contribution < 1.29 is 24.2 Å². The highest BCUT2D eigenvalue weighted by atomic mass is 16.5. The Hall–Kier alpha value is -2.41. The fourth-order valence-corrected chi connectivity index (χ4v) is 2.48. The van der Waals surface area contributed by atoms with Crippen LogP contribution in [-0.4, -0.2) is 54.1 Å². The molecule has 1 aliphatic heterocycles. The molecule has 1 fully saturated rings. The van der Waals surface area contributed by atoms with E-state index >= 15 is 0 Å². The number of hydrogen-bond acceptors (Lipinski definition) is 4. The summed E-state index contributed by atoms with van der Waals surface area (Å²) < 4.78 is 5.29. The van der Waals surface area contributed by atoms with Gasteiger partial charge in [0.2, 0.25) is 0 Å². The molecule has 0 aliphatic carbocycles. The van der Waals surface area contributed by atoms with Crippen molar-refractivity contribution in [1.29, 1.82) is 0 Å². The van der Waals surface area contributed by atoms with E-state index in [2.05, 4.69) is 5.32 Å². The normalized spacial score (nSPS) is 23.3. The predicted octanol–water partition coefficient (Wildman–Crippen LogP) is 1.21. The van der Waals surface area contributed by atoms with E-state index in [0.717, 1.165) is 0 Å². The van der Waals surface area contributed by atoms with Gasteiger partial charge in [-0.2, -0.15) is 0 Å². The standard InChI is InChI=1S/C16H20N2O5/c1-9-8-12(23-13(9)16(21)22)14(19)17-11-6-4-10(5-7-11)15(20)18(2)3/h4-7,9,12-13H,8H2,1-3H3,(H,17,19)(H,21,22)/t9-,12-,13-/m1/s1. The van der Waals surface area contributed by atoms with E-state index in [9.17, 15) is 14.4 Å². The predicted molar refractivity (Wildman–Crippen MR) is 83.2 cm³/mol. The number of carboxylic acids is 1. The van der Waals surface area contributed by atoms with Gasteiger partial charge in [-0.25, -0.2) is 4.79 Å². The SMILES string of the molecule is C[C@@H]1C[C@H](C(=O)Nc2ccc(C(=O)N(C)C)cc2)O[C@H]1C(=O)O. The maximum atomic E-state index is 12.2. The van der Waals surface area contributed by atoms with E-state index in [1.807, 2.05) is 0 Å². The Kier molecular flexibility index (Phi) is 5.00. The van der Waals surface area contributed by atoms with Crippen molar-refractivity contribution in [2.24, 2.45) is 5.92 Å². The van der Waals surface area contributed by atoms with Crippen LogP contribution in [0.25, 0.3) is 0 Å². The Bertz CT molecular complexity index is 611. The van der Waals surface area contributed by atoms with E-state index in [-0.39, 0.29) is 17.7 Å². The monoisotopic (exact) mass is 320 g/mol. The molecule has 1 aliphatic rings. The number of carbonyl (C=O) groups excluding carboxylic acids is 2. The molecule has 2 amide bonds. The zero-order valence-electron chi connectivity index (χ0n) is 13.3. The lowest BCUT2D eigenvalue weighted by Gasteiger charge is -2.13. The highest BCUT2D eigenvalue weighted by Gasteiger charge is 2.40. The average molecular weight is 320 g/mol. The molecule has 0 aromatic heterocycles. The molecule has 124 valence electrons. The minimum atomic E-state index is -1.06. The molecule has 0 radical (unpaired) electrons. The summed E-state index contributed by atoms with van der Waals surface area (Å²) in [6.07, 6.45) is -1.37. The van der Waals surface area contributed by atoms with Crippen molar-refractivity contribution in [3.63, 3.8) is 0 Å². The van der Waals surface area contributed by atoms with Crippen LogP contribution >= 0.6 is 0 Å². The number of hydrogen-bond donors (Lipinski definition) is 2. The quantitative estimate of drug-likeness (QED) is 0.869. The van der Waals surface area contributed by atoms with Crippen LogP contribution < -0.4 is 5.32 Å². The Balaban J connectivity index is 1.98. The van der Waals surface area contributed by atoms with Crippen LogP contribution in [0.4, 0.5) is 5.69 Å². The number of rotatable bonds is 4. The highest BCUT2D eigenvalue weighted by molar-refractivity contribution is 5.97. The van der Waals surface area contributed by atoms with Gasteiger partial charge >= 0.3 is 5.97 Å². The molecule has 7 heteroatoms. The second kappa shape index (κ2) is 6.78. The first-order chi connectivity index (χ1) is 10.8. The van der Waals surface area contributed by atoms with Crippen molar-refractivity contribution in [2.75, 3.05) is 19.4 Å². The molecule has 1 aromatic rings. The minimum absolute atomic E-state index is 0.125. The first kappa shape index (κ1) is 17.0. The van der Waals surface area contributed by atoms with E-state index < -0.39 is 18.2 Å². The van der Waals surface area contributed by atoms with E-state index in [0.29, 0.717) is 17.7 Å². The summed E-state index contributed by atoms with van der Waals surface area (Å²) in [6, 6.07) is 6.50. The molecule has 0 unspecified atom stereocenters. The molecule has 7 nitrogen and oxygen atoms in total. The minimum Gasteiger partial charge on any atom is -0.479 e. The van der Waals surface area contributed by atoms with E-state index in [1.165, 1.54) is 4.90 Å². The molecule has 1 heterocycles. The molecular formula is C16H20N2O5. The third kappa shape index (κ3) is 3.87. The van der Waals surface area contributed by atoms with Gasteiger partial charge in [0, 0.05) is 25.3 Å². The number of carboxylic acid groups (broad SMARTS) is 1. The van der Waals surface area contributed by atoms with Gasteiger partial charge in [0.1, 0.15) is 6.10 Å². The van der Waals surface area contributed by atoms with Crippen LogP contribution in [0.15, 0.2) is 24.3 Å². The first-order valence-electron chi connectivity index (χ1n) is 7.30. The van der Waals surface area contributed by atoms with Crippen LogP contribution in [0.5, 0.6) is 0 Å². The summed E-state index contributed by atoms with van der Waals surface area (Å²) >= 11 is 0. The number of aliphatic carboxylic acids is 1. The van der Waals surface area contributed by atoms with Crippen LogP contribution in [-0.2, 0) is 14.3 Å². The number of benzene rings is 1. The van der Waals surface area contributed by atoms with Crippen LogP contribution in [0, 0.1) is 5.92 Å². The third-order valence-electron chi connectivity index (χ3n) is 3.75. The summed E-state index contributed by atoms with van der Waals surface area (Å²) in [5, 5.41) is 11.7. The number of nitrogens with one attached hydrogen (secondary N) is 1. The molecule has 3 atom stereocenters. The molecule has 2 N–H and O–H groups in total. The smallest absolute Gasteiger partial charge is 0.333 e. The Morgan fingerprint density at radius 2 is 1.83 bits per heavy atom. The lowest BCUT2D eigenvalue weighted by Crippen LogP contribution is -2.30. The second-order valence-electron chi connectivity index (χ2n) is 5.86. The molecule has 0 bridgehead atoms. The lowest BCUT2D eigenvalue weighted by atomic mass is 10.0. The third-order valence-corrected chi connectivity index (χ3v) is 3.75. The van der Waals surface area contributed by atoms with Gasteiger partial charge in [-0.05, 0) is 36.6 Å². The number of amides is 2. The summed E-state index contributed by atoms with van der Waals surface area (Å²) in [6.45, 7) is 1.74. The number of carbonyl (C=O) groups is 3. The van der Waals surface area contributed by atoms with Crippen LogP contribution in [0.1, 0.15) is 23.7 Å². The largest absolute Gasteiger partial charge is 0.479 e. The summed E-state index contributed by atoms with van der Waals surface area (Å²) in [5.41, 5.74) is 1.05. The van der Waals surface area contributed by atoms with Gasteiger partial charge in [-0.1, -0.05) is 6.92 Å². The maximum Gasteiger partial charge on any atom is 0.333 e. The van der Waals surface area contributed by atoms with Gasteiger partial charge in [0.05, 0.1) is 0 Å². The first-order valence-corrected chi connectivity index (χ1v) is 7.30. The molecule has 2 rings (SSSR count). The van der Waals surface area contributed by atoms with E-state index in [1.54, 1.807) is 45.3 Å². The van der Waals surface area contributed by atoms with E-state index in [4.69, 9.17) is 9.84 Å². The summed E-state index contributed by atoms with van der Waals surface area (Å²) in [5.74, 6) is -1.78. The number of anilines is 1. The molecule has 1 aromatic carbocycles. The fourth-order valence-electron chi connectivity index (χ4n) is 2.48. The van der Waals surface area contributed by atoms with Gasteiger partial charge in [-0.15, -0.1) is 0 Å². The van der Waals surface area contributed by atoms with Gasteiger partial charge in [0.25, 0.3) is 11.8 Å². The van der Waals surface area contributed by atoms with Crippen molar-refractivity contribution in [1.82, 2.24) is 4.90 Å². The van der Waals surface area contributed by atoms with Crippen molar-refractivity contribution >= 4 is 23.5 Å². The lowest BCUT2D eigenvalue weighted by molar-refractivity contribution is -0.152. The summed E-state index contributed by atoms with van der Waals surface area (Å²) in [7, 11) is 3.32. The topological polar surface area (TPSA) is 95.9 Å². The van der Waals surface area contributed by atoms with Crippen molar-refractivity contribution in [3.8, 4) is 0 Å². The Morgan fingerprint density at radius 1 is 1.22 bits per heavy atom. The summed E-state index contributed by atoms with van der Waals surface area (Å²) in [4.78, 5) is 36.4.